The first-order valence-corrected chi connectivity index (χ1v) is 24.3. The van der Waals surface area contributed by atoms with Crippen molar-refractivity contribution in [2.24, 2.45) is 0 Å². The molecular formula is C40H74O14S2. The van der Waals surface area contributed by atoms with Gasteiger partial charge in [-0.05, 0) is 25.7 Å². The van der Waals surface area contributed by atoms with E-state index in [0.29, 0.717) is 25.7 Å². The standard InChI is InChI=1S/C40H74O14S2/c1-5-9-13-17-21-25-29-49-37(41)33-35(39(43)51-31-27-23-19-15-11-7-3)55(45,46)53-54-56(47,48)36(40(44)52-32-28-24-20-16-12-8-4)34-38(42)50-30-26-22-18-14-10-6-2/h35-36H,5-34H2,1-4H3. The molecule has 14 nitrogen and oxygen atoms in total. The van der Waals surface area contributed by atoms with Crippen molar-refractivity contribution in [2.45, 2.75) is 205 Å². The van der Waals surface area contributed by atoms with E-state index in [9.17, 15) is 36.0 Å². The molecule has 0 fully saturated rings. The largest absolute Gasteiger partial charge is 0.466 e. The first-order chi connectivity index (χ1) is 26.9. The third-order valence-electron chi connectivity index (χ3n) is 9.15. The van der Waals surface area contributed by atoms with Crippen molar-refractivity contribution in [3.05, 3.63) is 0 Å². The van der Waals surface area contributed by atoms with Crippen molar-refractivity contribution >= 4 is 44.1 Å². The van der Waals surface area contributed by atoms with Gasteiger partial charge in [-0.15, -0.1) is 0 Å². The lowest BCUT2D eigenvalue weighted by molar-refractivity contribution is -0.152. The first-order valence-electron chi connectivity index (χ1n) is 21.4. The quantitative estimate of drug-likeness (QED) is 0.0188. The van der Waals surface area contributed by atoms with E-state index in [4.69, 9.17) is 18.9 Å². The molecule has 0 radical (unpaired) electrons. The van der Waals surface area contributed by atoms with Gasteiger partial charge in [0, 0.05) is 0 Å². The monoisotopic (exact) mass is 842 g/mol. The van der Waals surface area contributed by atoms with E-state index < -0.39 is 67.5 Å². The molecule has 2 unspecified atom stereocenters. The summed E-state index contributed by atoms with van der Waals surface area (Å²) in [5, 5.41) is -4.68. The fourth-order valence-corrected chi connectivity index (χ4v) is 7.73. The number of ether oxygens (including phenoxy) is 4. The number of carbonyl (C=O) groups excluding carboxylic acids is 4. The van der Waals surface area contributed by atoms with Gasteiger partial charge in [-0.2, -0.15) is 16.8 Å². The first kappa shape index (κ1) is 53.7. The molecule has 0 N–H and O–H groups in total. The van der Waals surface area contributed by atoms with Crippen LogP contribution < -0.4 is 0 Å². The molecule has 330 valence electrons. The van der Waals surface area contributed by atoms with Crippen molar-refractivity contribution in [3.63, 3.8) is 0 Å². The van der Waals surface area contributed by atoms with Gasteiger partial charge in [0.1, 0.15) is 0 Å². The summed E-state index contributed by atoms with van der Waals surface area (Å²) in [6.45, 7) is 8.04. The number of rotatable bonds is 39. The van der Waals surface area contributed by atoms with Crippen LogP contribution in [0, 0.1) is 0 Å². The molecule has 0 aromatic carbocycles. The molecule has 0 aliphatic carbocycles. The van der Waals surface area contributed by atoms with Gasteiger partial charge < -0.3 is 18.9 Å². The van der Waals surface area contributed by atoms with Crippen molar-refractivity contribution in [2.75, 3.05) is 26.4 Å². The minimum Gasteiger partial charge on any atom is -0.466 e. The van der Waals surface area contributed by atoms with Gasteiger partial charge in [-0.3, -0.25) is 19.2 Å². The lowest BCUT2D eigenvalue weighted by atomic mass is 10.1. The molecule has 16 heteroatoms. The zero-order valence-electron chi connectivity index (χ0n) is 34.9. The van der Waals surface area contributed by atoms with Crippen LogP contribution in [0.3, 0.4) is 0 Å². The summed E-state index contributed by atoms with van der Waals surface area (Å²) >= 11 is 0. The number of carbonyl (C=O) groups is 4. The predicted molar refractivity (Wildman–Crippen MR) is 214 cm³/mol. The number of hydrogen-bond donors (Lipinski definition) is 0. The zero-order chi connectivity index (χ0) is 41.9. The van der Waals surface area contributed by atoms with E-state index in [-0.39, 0.29) is 26.4 Å². The van der Waals surface area contributed by atoms with Crippen molar-refractivity contribution < 1.29 is 63.6 Å². The number of unbranched alkanes of at least 4 members (excludes halogenated alkanes) is 20. The average molecular weight is 843 g/mol. The van der Waals surface area contributed by atoms with Gasteiger partial charge in [0.2, 0.25) is 0 Å². The fourth-order valence-electron chi connectivity index (χ4n) is 5.63. The van der Waals surface area contributed by atoms with Crippen LogP contribution in [0.15, 0.2) is 0 Å². The van der Waals surface area contributed by atoms with Gasteiger partial charge in [0.05, 0.1) is 39.3 Å². The van der Waals surface area contributed by atoms with Gasteiger partial charge in [-0.25, -0.2) is 0 Å². The molecule has 0 saturated carbocycles. The number of hydrogen-bond acceptors (Lipinski definition) is 14. The second-order valence-corrected chi connectivity index (χ2v) is 17.7. The van der Waals surface area contributed by atoms with Crippen molar-refractivity contribution in [1.82, 2.24) is 0 Å². The highest BCUT2D eigenvalue weighted by molar-refractivity contribution is 7.90. The Bertz CT molecular complexity index is 1160. The Balaban J connectivity index is 5.77. The molecule has 0 bridgehead atoms. The van der Waals surface area contributed by atoms with E-state index in [1.807, 2.05) is 0 Å². The number of esters is 4. The molecule has 0 amide bonds. The highest BCUT2D eigenvalue weighted by atomic mass is 32.2. The highest BCUT2D eigenvalue weighted by Crippen LogP contribution is 2.20. The Hall–Kier alpha value is -2.30. The summed E-state index contributed by atoms with van der Waals surface area (Å²) in [6, 6.07) is 0. The molecule has 0 spiro atoms. The minimum absolute atomic E-state index is 0.00619. The molecule has 2 atom stereocenters. The van der Waals surface area contributed by atoms with Gasteiger partial charge in [0.15, 0.2) is 10.5 Å². The normalized spacial score (nSPS) is 12.9. The minimum atomic E-state index is -5.34. The third-order valence-corrected chi connectivity index (χ3v) is 11.9. The van der Waals surface area contributed by atoms with Crippen LogP contribution in [0.2, 0.25) is 0 Å². The molecule has 0 heterocycles. The Labute approximate surface area is 338 Å². The molecule has 0 aromatic rings. The molecule has 0 saturated heterocycles. The second-order valence-electron chi connectivity index (χ2n) is 14.4. The van der Waals surface area contributed by atoms with E-state index in [0.717, 1.165) is 128 Å². The van der Waals surface area contributed by atoms with Crippen LogP contribution in [-0.4, -0.2) is 77.6 Å². The summed E-state index contributed by atoms with van der Waals surface area (Å²) in [6.07, 6.45) is 19.1. The van der Waals surface area contributed by atoms with Crippen molar-refractivity contribution in [1.29, 1.82) is 0 Å². The van der Waals surface area contributed by atoms with Gasteiger partial charge >= 0.3 is 44.1 Å². The topological polar surface area (TPSA) is 192 Å². The highest BCUT2D eigenvalue weighted by Gasteiger charge is 2.43. The summed E-state index contributed by atoms with van der Waals surface area (Å²) in [7, 11) is -10.7. The summed E-state index contributed by atoms with van der Waals surface area (Å²) < 4.78 is 82.7. The second kappa shape index (κ2) is 34.7. The molecule has 0 aromatic heterocycles. The lowest BCUT2D eigenvalue weighted by Crippen LogP contribution is -2.39. The van der Waals surface area contributed by atoms with Crippen molar-refractivity contribution in [3.8, 4) is 0 Å². The molecular weight excluding hydrogens is 769 g/mol. The molecule has 0 rings (SSSR count). The molecule has 0 aliphatic heterocycles. The van der Waals surface area contributed by atoms with Gasteiger partial charge in [-0.1, -0.05) is 165 Å². The molecule has 56 heavy (non-hydrogen) atoms. The lowest BCUT2D eigenvalue weighted by Gasteiger charge is -2.18. The van der Waals surface area contributed by atoms with Crippen LogP contribution in [0.5, 0.6) is 0 Å². The average Bonchev–Trinajstić information content (AvgIpc) is 3.16. The van der Waals surface area contributed by atoms with E-state index >= 15 is 0 Å². The smallest absolute Gasteiger partial charge is 0.327 e. The summed E-state index contributed by atoms with van der Waals surface area (Å²) in [5.41, 5.74) is 0. The fraction of sp³-hybridized carbons (Fsp3) is 0.900. The Morgan fingerprint density at radius 2 is 0.589 bits per heavy atom. The van der Waals surface area contributed by atoms with Crippen LogP contribution in [0.25, 0.3) is 0 Å². The maximum Gasteiger partial charge on any atom is 0.327 e. The Kier molecular flexibility index (Phi) is 33.3. The zero-order valence-corrected chi connectivity index (χ0v) is 36.5. The van der Waals surface area contributed by atoms with Crippen LogP contribution in [0.4, 0.5) is 0 Å². The van der Waals surface area contributed by atoms with E-state index in [1.54, 1.807) is 0 Å². The maximum atomic E-state index is 13.3. The SMILES string of the molecule is CCCCCCCCOC(=O)CC(C(=O)OCCCCCCCC)S(=O)(=O)OOS(=O)(=O)C(CC(=O)OCCCCCCCC)C(=O)OCCCCCCCC. The van der Waals surface area contributed by atoms with E-state index in [2.05, 4.69) is 36.4 Å². The Morgan fingerprint density at radius 3 is 0.857 bits per heavy atom. The Morgan fingerprint density at radius 1 is 0.357 bits per heavy atom. The summed E-state index contributed by atoms with van der Waals surface area (Å²) in [4.78, 5) is 51.5. The van der Waals surface area contributed by atoms with Crippen LogP contribution >= 0.6 is 0 Å². The maximum absolute atomic E-state index is 13.3. The predicted octanol–water partition coefficient (Wildman–Crippen LogP) is 8.73. The van der Waals surface area contributed by atoms with Crippen LogP contribution in [0.1, 0.15) is 195 Å². The van der Waals surface area contributed by atoms with Crippen LogP contribution in [-0.2, 0) is 67.0 Å². The van der Waals surface area contributed by atoms with E-state index in [1.165, 1.54) is 0 Å². The molecule has 0 aliphatic rings. The third kappa shape index (κ3) is 28.2. The summed E-state index contributed by atoms with van der Waals surface area (Å²) in [5.74, 6) is -4.80. The van der Waals surface area contributed by atoms with Gasteiger partial charge in [0.25, 0.3) is 0 Å².